The van der Waals surface area contributed by atoms with Crippen molar-refractivity contribution in [3.05, 3.63) is 46.8 Å². The Kier molecular flexibility index (Phi) is 4.46. The lowest BCUT2D eigenvalue weighted by atomic mass is 9.98. The van der Waals surface area contributed by atoms with E-state index < -0.39 is 0 Å². The van der Waals surface area contributed by atoms with Crippen molar-refractivity contribution in [1.82, 2.24) is 10.2 Å². The highest BCUT2D eigenvalue weighted by atomic mass is 16.1. The first kappa shape index (κ1) is 15.3. The van der Waals surface area contributed by atoms with Crippen molar-refractivity contribution in [2.45, 2.75) is 46.5 Å². The third-order valence-electron chi connectivity index (χ3n) is 3.86. The molecule has 4 heteroatoms. The number of nitrogens with zero attached hydrogens (tertiary/aromatic N) is 1. The molecule has 0 radical (unpaired) electrons. The fraction of sp³-hybridized carbons (Fsp3) is 0.412. The second kappa shape index (κ2) is 6.12. The second-order valence-corrected chi connectivity index (χ2v) is 5.84. The van der Waals surface area contributed by atoms with Crippen LogP contribution in [-0.2, 0) is 4.79 Å². The minimum absolute atomic E-state index is 0.0140. The maximum atomic E-state index is 12.4. The lowest BCUT2D eigenvalue weighted by Gasteiger charge is -2.13. The molecule has 0 saturated heterocycles. The number of nitrogens with one attached hydrogen (secondary N) is 2. The van der Waals surface area contributed by atoms with Gasteiger partial charge in [-0.05, 0) is 44.4 Å². The topological polar surface area (TPSA) is 57.8 Å². The van der Waals surface area contributed by atoms with Gasteiger partial charge in [-0.15, -0.1) is 0 Å². The maximum Gasteiger partial charge on any atom is 0.231 e. The predicted octanol–water partition coefficient (Wildman–Crippen LogP) is 3.89. The number of hydrogen-bond acceptors (Lipinski definition) is 2. The Labute approximate surface area is 126 Å². The second-order valence-electron chi connectivity index (χ2n) is 5.84. The molecule has 1 aromatic heterocycles. The van der Waals surface area contributed by atoms with E-state index in [0.717, 1.165) is 22.6 Å². The van der Waals surface area contributed by atoms with Gasteiger partial charge < -0.3 is 5.32 Å². The van der Waals surface area contributed by atoms with E-state index in [2.05, 4.69) is 41.5 Å². The summed E-state index contributed by atoms with van der Waals surface area (Å²) < 4.78 is 0. The van der Waals surface area contributed by atoms with E-state index in [1.165, 1.54) is 5.56 Å². The third-order valence-corrected chi connectivity index (χ3v) is 3.86. The summed E-state index contributed by atoms with van der Waals surface area (Å²) in [6, 6.07) is 8.02. The van der Waals surface area contributed by atoms with Crippen LogP contribution in [0.2, 0.25) is 0 Å². The van der Waals surface area contributed by atoms with Crippen molar-refractivity contribution < 1.29 is 4.79 Å². The minimum Gasteiger partial charge on any atom is -0.326 e. The molecule has 1 unspecified atom stereocenters. The predicted molar refractivity (Wildman–Crippen MR) is 85.6 cm³/mol. The molecule has 0 saturated carbocycles. The van der Waals surface area contributed by atoms with Crippen molar-refractivity contribution in [3.63, 3.8) is 0 Å². The standard InChI is InChI=1S/C17H23N3O/c1-10(2)14-6-8-15(9-7-14)18-17(21)11(3)16-12(4)19-20-13(16)5/h6-11H,1-5H3,(H,18,21)(H,19,20). The molecule has 0 aliphatic rings. The maximum absolute atomic E-state index is 12.4. The fourth-order valence-electron chi connectivity index (χ4n) is 2.53. The Morgan fingerprint density at radius 3 is 2.24 bits per heavy atom. The molecule has 0 aliphatic heterocycles. The van der Waals surface area contributed by atoms with Crippen molar-refractivity contribution in [3.8, 4) is 0 Å². The summed E-state index contributed by atoms with van der Waals surface area (Å²) in [4.78, 5) is 12.4. The fourth-order valence-corrected chi connectivity index (χ4v) is 2.53. The zero-order chi connectivity index (χ0) is 15.6. The van der Waals surface area contributed by atoms with Crippen LogP contribution in [0.3, 0.4) is 0 Å². The van der Waals surface area contributed by atoms with Gasteiger partial charge in [0.1, 0.15) is 0 Å². The van der Waals surface area contributed by atoms with Gasteiger partial charge in [0.15, 0.2) is 0 Å². The Morgan fingerprint density at radius 1 is 1.14 bits per heavy atom. The number of hydrogen-bond donors (Lipinski definition) is 2. The van der Waals surface area contributed by atoms with Gasteiger partial charge in [0.05, 0.1) is 11.6 Å². The highest BCUT2D eigenvalue weighted by Gasteiger charge is 2.21. The number of amides is 1. The summed E-state index contributed by atoms with van der Waals surface area (Å²) in [7, 11) is 0. The molecule has 1 heterocycles. The van der Waals surface area contributed by atoms with E-state index in [0.29, 0.717) is 5.92 Å². The number of carbonyl (C=O) groups is 1. The first-order valence-electron chi connectivity index (χ1n) is 7.32. The number of benzene rings is 1. The summed E-state index contributed by atoms with van der Waals surface area (Å²) in [6.45, 7) is 10.1. The number of aryl methyl sites for hydroxylation is 2. The summed E-state index contributed by atoms with van der Waals surface area (Å²) in [6.07, 6.45) is 0. The minimum atomic E-state index is -0.228. The average molecular weight is 285 g/mol. The number of aromatic nitrogens is 2. The van der Waals surface area contributed by atoms with E-state index in [1.54, 1.807) is 0 Å². The number of rotatable bonds is 4. The zero-order valence-corrected chi connectivity index (χ0v) is 13.3. The first-order valence-corrected chi connectivity index (χ1v) is 7.32. The van der Waals surface area contributed by atoms with Crippen LogP contribution in [0.5, 0.6) is 0 Å². The monoisotopic (exact) mass is 285 g/mol. The smallest absolute Gasteiger partial charge is 0.231 e. The van der Waals surface area contributed by atoms with Crippen LogP contribution in [0.1, 0.15) is 55.1 Å². The molecule has 1 atom stereocenters. The molecule has 2 N–H and O–H groups in total. The van der Waals surface area contributed by atoms with Gasteiger partial charge in [0, 0.05) is 16.9 Å². The van der Waals surface area contributed by atoms with E-state index in [9.17, 15) is 4.79 Å². The SMILES string of the molecule is Cc1n[nH]c(C)c1C(C)C(=O)Nc1ccc(C(C)C)cc1. The summed E-state index contributed by atoms with van der Waals surface area (Å²) in [5.41, 5.74) is 4.90. The van der Waals surface area contributed by atoms with Crippen LogP contribution in [0.15, 0.2) is 24.3 Å². The lowest BCUT2D eigenvalue weighted by molar-refractivity contribution is -0.117. The molecule has 2 rings (SSSR count). The number of carbonyl (C=O) groups excluding carboxylic acids is 1. The number of aromatic amines is 1. The Balaban J connectivity index is 2.11. The molecule has 2 aromatic rings. The van der Waals surface area contributed by atoms with Crippen LogP contribution in [-0.4, -0.2) is 16.1 Å². The van der Waals surface area contributed by atoms with Crippen LogP contribution in [0.4, 0.5) is 5.69 Å². The summed E-state index contributed by atoms with van der Waals surface area (Å²) in [5, 5.41) is 10.0. The molecule has 1 aromatic carbocycles. The first-order chi connectivity index (χ1) is 9.90. The van der Waals surface area contributed by atoms with Crippen molar-refractivity contribution in [2.75, 3.05) is 5.32 Å². The number of anilines is 1. The largest absolute Gasteiger partial charge is 0.326 e. The van der Waals surface area contributed by atoms with Gasteiger partial charge in [0.25, 0.3) is 0 Å². The van der Waals surface area contributed by atoms with Gasteiger partial charge in [-0.1, -0.05) is 26.0 Å². The molecule has 0 bridgehead atoms. The Bertz CT molecular complexity index is 606. The molecular weight excluding hydrogens is 262 g/mol. The Hall–Kier alpha value is -2.10. The molecule has 0 aliphatic carbocycles. The highest BCUT2D eigenvalue weighted by Crippen LogP contribution is 2.23. The van der Waals surface area contributed by atoms with Gasteiger partial charge in [-0.25, -0.2) is 0 Å². The van der Waals surface area contributed by atoms with E-state index in [1.807, 2.05) is 32.9 Å². The van der Waals surface area contributed by atoms with E-state index in [4.69, 9.17) is 0 Å². The molecule has 1 amide bonds. The third kappa shape index (κ3) is 3.32. The summed E-state index contributed by atoms with van der Waals surface area (Å²) >= 11 is 0. The van der Waals surface area contributed by atoms with Crippen molar-refractivity contribution >= 4 is 11.6 Å². The molecule has 4 nitrogen and oxygen atoms in total. The molecule has 112 valence electrons. The van der Waals surface area contributed by atoms with E-state index in [-0.39, 0.29) is 11.8 Å². The van der Waals surface area contributed by atoms with Crippen molar-refractivity contribution in [1.29, 1.82) is 0 Å². The van der Waals surface area contributed by atoms with Crippen LogP contribution in [0.25, 0.3) is 0 Å². The van der Waals surface area contributed by atoms with Crippen LogP contribution >= 0.6 is 0 Å². The van der Waals surface area contributed by atoms with Gasteiger partial charge in [-0.3, -0.25) is 9.89 Å². The van der Waals surface area contributed by atoms with Crippen molar-refractivity contribution in [2.24, 2.45) is 0 Å². The molecule has 0 spiro atoms. The van der Waals surface area contributed by atoms with Gasteiger partial charge >= 0.3 is 0 Å². The average Bonchev–Trinajstić information content (AvgIpc) is 2.78. The normalized spacial score (nSPS) is 12.5. The molecular formula is C17H23N3O. The Morgan fingerprint density at radius 2 is 1.76 bits per heavy atom. The van der Waals surface area contributed by atoms with Gasteiger partial charge in [-0.2, -0.15) is 5.10 Å². The van der Waals surface area contributed by atoms with Gasteiger partial charge in [0.2, 0.25) is 5.91 Å². The lowest BCUT2D eigenvalue weighted by Crippen LogP contribution is -2.19. The van der Waals surface area contributed by atoms with Crippen LogP contribution in [0, 0.1) is 13.8 Å². The molecule has 21 heavy (non-hydrogen) atoms. The summed E-state index contributed by atoms with van der Waals surface area (Å²) in [5.74, 6) is 0.248. The van der Waals surface area contributed by atoms with Crippen LogP contribution < -0.4 is 5.32 Å². The quantitative estimate of drug-likeness (QED) is 0.895. The van der Waals surface area contributed by atoms with E-state index >= 15 is 0 Å². The highest BCUT2D eigenvalue weighted by molar-refractivity contribution is 5.95. The molecule has 0 fully saturated rings. The number of H-pyrrole nitrogens is 1. The zero-order valence-electron chi connectivity index (χ0n) is 13.3.